The number of carbonyl (C=O) groups is 1. The van der Waals surface area contributed by atoms with E-state index in [0.717, 1.165) is 31.1 Å². The first-order valence-corrected chi connectivity index (χ1v) is 7.57. The van der Waals surface area contributed by atoms with Gasteiger partial charge in [0.25, 0.3) is 0 Å². The predicted molar refractivity (Wildman–Crippen MR) is 82.5 cm³/mol. The highest BCUT2D eigenvalue weighted by Gasteiger charge is 2.12. The lowest BCUT2D eigenvalue weighted by Crippen LogP contribution is -2.11. The van der Waals surface area contributed by atoms with Crippen molar-refractivity contribution in [2.75, 3.05) is 6.61 Å². The number of Topliss-reactive ketones (excluding diaryl/α,β-unsaturated/α-hetero) is 1. The second-order valence-corrected chi connectivity index (χ2v) is 6.76. The van der Waals surface area contributed by atoms with E-state index in [1.165, 1.54) is 0 Å². The maximum absolute atomic E-state index is 12.1. The number of halogens is 1. The molecule has 0 radical (unpaired) electrons. The highest BCUT2D eigenvalue weighted by Crippen LogP contribution is 2.23. The number of hydrogen-bond acceptors (Lipinski definition) is 3. The first-order chi connectivity index (χ1) is 8.97. The van der Waals surface area contributed by atoms with Gasteiger partial charge in [0, 0.05) is 19.8 Å². The Balaban J connectivity index is 2.04. The Morgan fingerprint density at radius 1 is 1.26 bits per heavy atom. The highest BCUT2D eigenvalue weighted by molar-refractivity contribution is 9.10. The summed E-state index contributed by atoms with van der Waals surface area (Å²) in [6.07, 6.45) is 0. The van der Waals surface area contributed by atoms with Gasteiger partial charge < -0.3 is 4.74 Å². The molecule has 1 aromatic carbocycles. The molecular weight excluding hydrogens is 324 g/mol. The second-order valence-electron chi connectivity index (χ2n) is 4.45. The molecule has 0 saturated heterocycles. The maximum atomic E-state index is 12.1. The number of hydrogen-bond donors (Lipinski definition) is 0. The summed E-state index contributed by atoms with van der Waals surface area (Å²) in [5.41, 5.74) is 1.86. The molecule has 0 amide bonds. The zero-order valence-electron chi connectivity index (χ0n) is 11.1. The molecule has 19 heavy (non-hydrogen) atoms. The normalized spacial score (nSPS) is 10.5. The minimum absolute atomic E-state index is 0.0300. The van der Waals surface area contributed by atoms with E-state index < -0.39 is 0 Å². The van der Waals surface area contributed by atoms with Crippen LogP contribution in [-0.2, 0) is 0 Å². The van der Waals surface area contributed by atoms with Crippen LogP contribution in [0, 0.1) is 20.8 Å². The Labute approximate surface area is 125 Å². The van der Waals surface area contributed by atoms with E-state index in [2.05, 4.69) is 15.9 Å². The van der Waals surface area contributed by atoms with Gasteiger partial charge in [0.05, 0.1) is 0 Å². The molecule has 100 valence electrons. The van der Waals surface area contributed by atoms with Gasteiger partial charge in [-0.15, -0.1) is 11.3 Å². The Morgan fingerprint density at radius 2 is 2.00 bits per heavy atom. The summed E-state index contributed by atoms with van der Waals surface area (Å²) in [4.78, 5) is 14.3. The Hall–Kier alpha value is -1.13. The minimum atomic E-state index is 0.0300. The summed E-state index contributed by atoms with van der Waals surface area (Å²) >= 11 is 5.08. The molecule has 0 saturated carbocycles. The molecule has 0 aliphatic heterocycles. The lowest BCUT2D eigenvalue weighted by molar-refractivity contribution is 0.0921. The van der Waals surface area contributed by atoms with Crippen LogP contribution in [0.15, 0.2) is 28.7 Å². The summed E-state index contributed by atoms with van der Waals surface area (Å²) in [6, 6.07) is 7.63. The third kappa shape index (κ3) is 3.45. The van der Waals surface area contributed by atoms with Gasteiger partial charge in [-0.05, 0) is 50.6 Å². The van der Waals surface area contributed by atoms with Gasteiger partial charge in [-0.3, -0.25) is 4.79 Å². The number of carbonyl (C=O) groups excluding carboxylic acids is 1. The first-order valence-electron chi connectivity index (χ1n) is 5.96. The average molecular weight is 339 g/mol. The molecule has 0 aliphatic carbocycles. The van der Waals surface area contributed by atoms with Gasteiger partial charge in [-0.1, -0.05) is 15.9 Å². The highest BCUT2D eigenvalue weighted by atomic mass is 79.9. The largest absolute Gasteiger partial charge is 0.485 e. The first kappa shape index (κ1) is 14.3. The van der Waals surface area contributed by atoms with Crippen LogP contribution < -0.4 is 4.74 Å². The summed E-state index contributed by atoms with van der Waals surface area (Å²) in [5, 5.41) is 0. The van der Waals surface area contributed by atoms with Crippen LogP contribution >= 0.6 is 27.3 Å². The van der Waals surface area contributed by atoms with Crippen molar-refractivity contribution >= 4 is 33.0 Å². The van der Waals surface area contributed by atoms with Crippen molar-refractivity contribution < 1.29 is 9.53 Å². The summed E-state index contributed by atoms with van der Waals surface area (Å²) in [7, 11) is 0. The van der Waals surface area contributed by atoms with Gasteiger partial charge in [0.15, 0.2) is 6.61 Å². The van der Waals surface area contributed by atoms with Crippen molar-refractivity contribution in [3.8, 4) is 5.75 Å². The molecule has 0 bridgehead atoms. The van der Waals surface area contributed by atoms with Crippen LogP contribution in [-0.4, -0.2) is 12.4 Å². The third-order valence-corrected chi connectivity index (χ3v) is 4.70. The molecule has 0 N–H and O–H groups in total. The number of aryl methyl sites for hydroxylation is 3. The van der Waals surface area contributed by atoms with Gasteiger partial charge in [0.1, 0.15) is 5.75 Å². The zero-order valence-corrected chi connectivity index (χ0v) is 13.5. The van der Waals surface area contributed by atoms with Crippen molar-refractivity contribution in [3.05, 3.63) is 49.6 Å². The van der Waals surface area contributed by atoms with Crippen molar-refractivity contribution in [3.63, 3.8) is 0 Å². The standard InChI is InChI=1S/C15H15BrO2S/c1-9-6-12(4-5-14(9)16)18-8-15(17)13-7-10(2)19-11(13)3/h4-7H,8H2,1-3H3. The molecule has 2 rings (SSSR count). The van der Waals surface area contributed by atoms with Gasteiger partial charge in [-0.25, -0.2) is 0 Å². The number of rotatable bonds is 4. The van der Waals surface area contributed by atoms with E-state index in [1.807, 2.05) is 45.0 Å². The van der Waals surface area contributed by atoms with Crippen molar-refractivity contribution in [2.24, 2.45) is 0 Å². The van der Waals surface area contributed by atoms with Gasteiger partial charge >= 0.3 is 0 Å². The SMILES string of the molecule is Cc1cc(C(=O)COc2ccc(Br)c(C)c2)c(C)s1. The van der Waals surface area contributed by atoms with Gasteiger partial charge in [0.2, 0.25) is 5.78 Å². The molecule has 1 aromatic heterocycles. The van der Waals surface area contributed by atoms with Crippen LogP contribution in [0.4, 0.5) is 0 Å². The number of thiophene rings is 1. The Bertz CT molecular complexity index is 617. The average Bonchev–Trinajstić information content (AvgIpc) is 2.70. The quantitative estimate of drug-likeness (QED) is 0.755. The van der Waals surface area contributed by atoms with E-state index in [4.69, 9.17) is 4.74 Å². The van der Waals surface area contributed by atoms with E-state index in [9.17, 15) is 4.79 Å². The van der Waals surface area contributed by atoms with E-state index >= 15 is 0 Å². The van der Waals surface area contributed by atoms with Gasteiger partial charge in [-0.2, -0.15) is 0 Å². The molecule has 0 fully saturated rings. The zero-order chi connectivity index (χ0) is 14.0. The number of benzene rings is 1. The summed E-state index contributed by atoms with van der Waals surface area (Å²) in [6.45, 7) is 6.05. The van der Waals surface area contributed by atoms with E-state index in [0.29, 0.717) is 0 Å². The second kappa shape index (κ2) is 5.88. The fourth-order valence-corrected chi connectivity index (χ4v) is 3.03. The molecule has 1 heterocycles. The number of ether oxygens (including phenoxy) is 1. The van der Waals surface area contributed by atoms with Crippen LogP contribution in [0.2, 0.25) is 0 Å². The van der Waals surface area contributed by atoms with Crippen molar-refractivity contribution in [1.29, 1.82) is 0 Å². The van der Waals surface area contributed by atoms with E-state index in [-0.39, 0.29) is 12.4 Å². The fourth-order valence-electron chi connectivity index (χ4n) is 1.84. The monoisotopic (exact) mass is 338 g/mol. The van der Waals surface area contributed by atoms with Crippen LogP contribution in [0.25, 0.3) is 0 Å². The van der Waals surface area contributed by atoms with Crippen LogP contribution in [0.3, 0.4) is 0 Å². The van der Waals surface area contributed by atoms with Crippen LogP contribution in [0.1, 0.15) is 25.7 Å². The Kier molecular flexibility index (Phi) is 4.42. The third-order valence-electron chi connectivity index (χ3n) is 2.84. The van der Waals surface area contributed by atoms with E-state index in [1.54, 1.807) is 11.3 Å². The Morgan fingerprint density at radius 3 is 2.58 bits per heavy atom. The fraction of sp³-hybridized carbons (Fsp3) is 0.267. The lowest BCUT2D eigenvalue weighted by Gasteiger charge is -2.07. The lowest BCUT2D eigenvalue weighted by atomic mass is 10.2. The molecule has 0 unspecified atom stereocenters. The van der Waals surface area contributed by atoms with Crippen LogP contribution in [0.5, 0.6) is 5.75 Å². The molecule has 0 aliphatic rings. The maximum Gasteiger partial charge on any atom is 0.201 e. The molecule has 0 atom stereocenters. The van der Waals surface area contributed by atoms with Crippen molar-refractivity contribution in [2.45, 2.75) is 20.8 Å². The summed E-state index contributed by atoms with van der Waals surface area (Å²) < 4.78 is 6.59. The summed E-state index contributed by atoms with van der Waals surface area (Å²) in [5.74, 6) is 0.751. The molecular formula is C15H15BrO2S. The topological polar surface area (TPSA) is 26.3 Å². The molecule has 4 heteroatoms. The predicted octanol–water partition coefficient (Wildman–Crippen LogP) is 4.70. The molecule has 0 spiro atoms. The molecule has 2 nitrogen and oxygen atoms in total. The number of ketones is 1. The molecule has 2 aromatic rings. The minimum Gasteiger partial charge on any atom is -0.485 e. The smallest absolute Gasteiger partial charge is 0.201 e. The van der Waals surface area contributed by atoms with Crippen molar-refractivity contribution in [1.82, 2.24) is 0 Å².